The number of nitrogens with zero attached hydrogens (tertiary/aromatic N) is 2. The zero-order valence-electron chi connectivity index (χ0n) is 12.7. The molecule has 0 amide bonds. The van der Waals surface area contributed by atoms with Crippen molar-refractivity contribution >= 4 is 5.82 Å². The average molecular weight is 261 g/mol. The normalized spacial score (nSPS) is 23.1. The molecule has 1 aliphatic heterocycles. The first-order valence-corrected chi connectivity index (χ1v) is 7.54. The van der Waals surface area contributed by atoms with Gasteiger partial charge in [-0.05, 0) is 56.3 Å². The maximum atomic E-state index is 4.71. The quantitative estimate of drug-likeness (QED) is 0.825. The summed E-state index contributed by atoms with van der Waals surface area (Å²) in [5, 5.41) is 3.43. The Labute approximate surface area is 117 Å². The SMILES string of the molecule is CCCNCc1cnc(N2CC(C)CC2C)c(C)c1. The zero-order chi connectivity index (χ0) is 13.8. The lowest BCUT2D eigenvalue weighted by molar-refractivity contribution is 0.625. The summed E-state index contributed by atoms with van der Waals surface area (Å²) >= 11 is 0. The van der Waals surface area contributed by atoms with Crippen molar-refractivity contribution in [1.82, 2.24) is 10.3 Å². The van der Waals surface area contributed by atoms with E-state index in [0.717, 1.165) is 25.6 Å². The summed E-state index contributed by atoms with van der Waals surface area (Å²) in [4.78, 5) is 7.17. The predicted molar refractivity (Wildman–Crippen MR) is 81.6 cm³/mol. The number of nitrogens with one attached hydrogen (secondary N) is 1. The summed E-state index contributed by atoms with van der Waals surface area (Å²) in [6, 6.07) is 2.89. The number of hydrogen-bond donors (Lipinski definition) is 1. The molecule has 0 bridgehead atoms. The lowest BCUT2D eigenvalue weighted by Gasteiger charge is -2.24. The van der Waals surface area contributed by atoms with E-state index in [0.29, 0.717) is 6.04 Å². The lowest BCUT2D eigenvalue weighted by Crippen LogP contribution is -2.28. The second kappa shape index (κ2) is 6.38. The molecule has 1 aliphatic rings. The van der Waals surface area contributed by atoms with Crippen LogP contribution in [0.15, 0.2) is 12.3 Å². The van der Waals surface area contributed by atoms with Crippen LogP contribution in [0.3, 0.4) is 0 Å². The van der Waals surface area contributed by atoms with Crippen molar-refractivity contribution < 1.29 is 0 Å². The van der Waals surface area contributed by atoms with Crippen LogP contribution < -0.4 is 10.2 Å². The van der Waals surface area contributed by atoms with Gasteiger partial charge in [-0.2, -0.15) is 0 Å². The van der Waals surface area contributed by atoms with E-state index in [-0.39, 0.29) is 0 Å². The van der Waals surface area contributed by atoms with Crippen molar-refractivity contribution in [3.63, 3.8) is 0 Å². The molecule has 3 heteroatoms. The fourth-order valence-corrected chi connectivity index (χ4v) is 3.03. The first-order chi connectivity index (χ1) is 9.11. The molecule has 0 radical (unpaired) electrons. The van der Waals surface area contributed by atoms with Gasteiger partial charge in [0.05, 0.1) is 0 Å². The third-order valence-electron chi connectivity index (χ3n) is 3.92. The number of rotatable bonds is 5. The number of aromatic nitrogens is 1. The Balaban J connectivity index is 2.06. The minimum atomic E-state index is 0.616. The van der Waals surface area contributed by atoms with E-state index in [1.165, 1.54) is 29.8 Å². The predicted octanol–water partition coefficient (Wildman–Crippen LogP) is 3.12. The van der Waals surface area contributed by atoms with Gasteiger partial charge in [-0.25, -0.2) is 4.98 Å². The van der Waals surface area contributed by atoms with Gasteiger partial charge in [0.15, 0.2) is 0 Å². The second-order valence-corrected chi connectivity index (χ2v) is 6.00. The standard InChI is InChI=1S/C16H27N3/c1-5-6-17-9-15-8-13(3)16(18-10-15)19-11-12(2)7-14(19)4/h8,10,12,14,17H,5-7,9,11H2,1-4H3. The van der Waals surface area contributed by atoms with Crippen LogP contribution in [0.2, 0.25) is 0 Å². The Morgan fingerprint density at radius 1 is 1.42 bits per heavy atom. The van der Waals surface area contributed by atoms with E-state index >= 15 is 0 Å². The van der Waals surface area contributed by atoms with Crippen LogP contribution in [0.25, 0.3) is 0 Å². The Hall–Kier alpha value is -1.09. The first-order valence-electron chi connectivity index (χ1n) is 7.54. The monoisotopic (exact) mass is 261 g/mol. The molecule has 1 aromatic heterocycles. The third kappa shape index (κ3) is 3.47. The maximum absolute atomic E-state index is 4.71. The van der Waals surface area contributed by atoms with E-state index in [9.17, 15) is 0 Å². The Bertz CT molecular complexity index is 416. The second-order valence-electron chi connectivity index (χ2n) is 6.00. The molecule has 0 aliphatic carbocycles. The van der Waals surface area contributed by atoms with Crippen molar-refractivity contribution in [3.8, 4) is 0 Å². The summed E-state index contributed by atoms with van der Waals surface area (Å²) in [6.45, 7) is 12.1. The average Bonchev–Trinajstić information content (AvgIpc) is 2.69. The third-order valence-corrected chi connectivity index (χ3v) is 3.92. The summed E-state index contributed by atoms with van der Waals surface area (Å²) < 4.78 is 0. The van der Waals surface area contributed by atoms with Crippen LogP contribution in [-0.2, 0) is 6.54 Å². The molecule has 0 spiro atoms. The van der Waals surface area contributed by atoms with Crippen LogP contribution in [0.5, 0.6) is 0 Å². The number of aryl methyl sites for hydroxylation is 1. The highest BCUT2D eigenvalue weighted by atomic mass is 15.2. The van der Waals surface area contributed by atoms with Crippen LogP contribution in [-0.4, -0.2) is 24.1 Å². The Morgan fingerprint density at radius 2 is 2.21 bits per heavy atom. The van der Waals surface area contributed by atoms with E-state index in [1.807, 2.05) is 6.20 Å². The fourth-order valence-electron chi connectivity index (χ4n) is 3.03. The minimum Gasteiger partial charge on any atom is -0.353 e. The topological polar surface area (TPSA) is 28.2 Å². The summed E-state index contributed by atoms with van der Waals surface area (Å²) in [6.07, 6.45) is 4.48. The van der Waals surface area contributed by atoms with Gasteiger partial charge in [-0.15, -0.1) is 0 Å². The van der Waals surface area contributed by atoms with Crippen LogP contribution in [0.1, 0.15) is 44.7 Å². The first kappa shape index (κ1) is 14.3. The number of anilines is 1. The van der Waals surface area contributed by atoms with Crippen molar-refractivity contribution in [1.29, 1.82) is 0 Å². The molecule has 19 heavy (non-hydrogen) atoms. The molecule has 2 heterocycles. The number of hydrogen-bond acceptors (Lipinski definition) is 3. The summed E-state index contributed by atoms with van der Waals surface area (Å²) in [5.74, 6) is 1.96. The molecule has 0 saturated carbocycles. The molecule has 1 saturated heterocycles. The van der Waals surface area contributed by atoms with Crippen LogP contribution >= 0.6 is 0 Å². The highest BCUT2D eigenvalue weighted by Crippen LogP contribution is 2.29. The molecular weight excluding hydrogens is 234 g/mol. The van der Waals surface area contributed by atoms with E-state index in [2.05, 4.69) is 44.0 Å². The van der Waals surface area contributed by atoms with E-state index < -0.39 is 0 Å². The van der Waals surface area contributed by atoms with Crippen molar-refractivity contribution in [3.05, 3.63) is 23.4 Å². The highest BCUT2D eigenvalue weighted by Gasteiger charge is 2.27. The van der Waals surface area contributed by atoms with Gasteiger partial charge < -0.3 is 10.2 Å². The molecule has 106 valence electrons. The van der Waals surface area contributed by atoms with Gasteiger partial charge in [0.25, 0.3) is 0 Å². The maximum Gasteiger partial charge on any atom is 0.131 e. The zero-order valence-corrected chi connectivity index (χ0v) is 12.7. The molecular formula is C16H27N3. The van der Waals surface area contributed by atoms with Crippen molar-refractivity contribution in [2.45, 2.75) is 53.1 Å². The highest BCUT2D eigenvalue weighted by molar-refractivity contribution is 5.49. The van der Waals surface area contributed by atoms with E-state index in [4.69, 9.17) is 4.98 Å². The van der Waals surface area contributed by atoms with Gasteiger partial charge in [0.1, 0.15) is 5.82 Å². The van der Waals surface area contributed by atoms with Crippen molar-refractivity contribution in [2.24, 2.45) is 5.92 Å². The fraction of sp³-hybridized carbons (Fsp3) is 0.688. The molecule has 2 atom stereocenters. The molecule has 2 rings (SSSR count). The molecule has 1 fully saturated rings. The minimum absolute atomic E-state index is 0.616. The Kier molecular flexibility index (Phi) is 4.81. The van der Waals surface area contributed by atoms with Crippen LogP contribution in [0.4, 0.5) is 5.82 Å². The smallest absolute Gasteiger partial charge is 0.131 e. The molecule has 0 aromatic carbocycles. The summed E-state index contributed by atoms with van der Waals surface area (Å²) in [7, 11) is 0. The van der Waals surface area contributed by atoms with Gasteiger partial charge in [0, 0.05) is 25.3 Å². The Morgan fingerprint density at radius 3 is 2.79 bits per heavy atom. The molecule has 2 unspecified atom stereocenters. The molecule has 1 N–H and O–H groups in total. The van der Waals surface area contributed by atoms with E-state index in [1.54, 1.807) is 0 Å². The van der Waals surface area contributed by atoms with Gasteiger partial charge in [-0.1, -0.05) is 13.8 Å². The molecule has 3 nitrogen and oxygen atoms in total. The number of pyridine rings is 1. The van der Waals surface area contributed by atoms with Crippen LogP contribution in [0, 0.1) is 12.8 Å². The van der Waals surface area contributed by atoms with Gasteiger partial charge >= 0.3 is 0 Å². The van der Waals surface area contributed by atoms with Gasteiger partial charge in [0.2, 0.25) is 0 Å². The largest absolute Gasteiger partial charge is 0.353 e. The van der Waals surface area contributed by atoms with Gasteiger partial charge in [-0.3, -0.25) is 0 Å². The summed E-state index contributed by atoms with van der Waals surface area (Å²) in [5.41, 5.74) is 2.59. The molecule has 1 aromatic rings. The lowest BCUT2D eigenvalue weighted by atomic mass is 10.1. The van der Waals surface area contributed by atoms with Crippen molar-refractivity contribution in [2.75, 3.05) is 18.0 Å².